The predicted octanol–water partition coefficient (Wildman–Crippen LogP) is 6.27. The van der Waals surface area contributed by atoms with Gasteiger partial charge in [0.05, 0.1) is 52.0 Å². The number of methoxy groups -OCH3 is 4. The molecular weight excluding hydrogens is 994 g/mol. The van der Waals surface area contributed by atoms with E-state index in [1.165, 1.54) is 78.8 Å². The van der Waals surface area contributed by atoms with Crippen LogP contribution in [-0.4, -0.2) is 131 Å². The van der Waals surface area contributed by atoms with Crippen LogP contribution in [0.5, 0.6) is 28.7 Å². The first-order valence-electron chi connectivity index (χ1n) is 26.6. The number of halogens is 1. The quantitative estimate of drug-likeness (QED) is 0.0127. The maximum Gasteiger partial charge on any atom is 0.325 e. The Balaban J connectivity index is 1.21. The molecule has 5 heterocycles. The van der Waals surface area contributed by atoms with Crippen LogP contribution in [0.3, 0.4) is 0 Å². The lowest BCUT2D eigenvalue weighted by Crippen LogP contribution is -2.45. The van der Waals surface area contributed by atoms with Gasteiger partial charge in [0.1, 0.15) is 87.0 Å². The monoisotopic (exact) mass is 1060 g/mol. The van der Waals surface area contributed by atoms with E-state index in [0.29, 0.717) is 36.6 Å². The average Bonchev–Trinajstić information content (AvgIpc) is 3.58. The number of aryl methyl sites for hydroxylation is 2. The summed E-state index contributed by atoms with van der Waals surface area (Å²) in [7, 11) is 4.99. The Labute approximate surface area is 446 Å². The fraction of sp³-hybridized carbons (Fsp3) is 0.491. The second kappa shape index (κ2) is 25.0. The molecule has 5 aliphatic heterocycles. The molecular formula is C57H67FN7O12+. The van der Waals surface area contributed by atoms with E-state index < -0.39 is 29.7 Å². The minimum absolute atomic E-state index is 0.0142. The first kappa shape index (κ1) is 54.1. The standard InChI is InChI=1S/C57H67FN7O12/c1-70-49(66)32-64(33-50(67)71-2)44-18-17-38(58)29-47(44)75-25-26-76-48-31-46(74-24-8-6-5-7-19-60-61-59)41(30-45(48)65(34-51(68)72-3)35-52(69)73-4)53-42-27-36-13-9-20-62-22-11-15-39(54(36)62)56(42)77-57-40-16-12-23-63-21-10-14-37(55(40)63)28-43(53)57/h17-18,27-31H,5-16,19-26,32-35H2,1-4H3/q+1. The molecule has 0 fully saturated rings. The number of esters is 4. The van der Waals surface area contributed by atoms with Gasteiger partial charge < -0.3 is 52.6 Å². The number of benzene rings is 4. The SMILES string of the molecule is COC(=O)CN(CC(=O)OC)c1ccc(F)cc1OCCOc1cc(OCCCCCCN=[N+]=[N-])c(C2=c3cc4c5c(c3Oc3c2cc2c6c3CCCN6CCC2)CCC[N+]=5CCC4)cc1N(CC(=O)OC)CC(=O)OC. The number of hydrogen-bond donors (Lipinski definition) is 0. The van der Waals surface area contributed by atoms with E-state index in [1.807, 2.05) is 6.07 Å². The third kappa shape index (κ3) is 12.0. The van der Waals surface area contributed by atoms with Crippen molar-refractivity contribution in [3.8, 4) is 28.7 Å². The molecule has 20 heteroatoms. The van der Waals surface area contributed by atoms with Gasteiger partial charge in [-0.2, -0.15) is 0 Å². The molecule has 0 N–H and O–H groups in total. The first-order valence-corrected chi connectivity index (χ1v) is 26.6. The third-order valence-corrected chi connectivity index (χ3v) is 14.9. The number of fused-ring (bicyclic) bond motifs is 4. The Kier molecular flexibility index (Phi) is 17.5. The fourth-order valence-corrected chi connectivity index (χ4v) is 11.4. The maximum atomic E-state index is 14.9. The molecule has 0 amide bonds. The molecule has 4 aromatic carbocycles. The van der Waals surface area contributed by atoms with E-state index in [-0.39, 0.29) is 56.6 Å². The van der Waals surface area contributed by atoms with E-state index in [4.69, 9.17) is 43.4 Å². The number of unbranched alkanes of at least 4 members (excludes halogenated alkanes) is 3. The van der Waals surface area contributed by atoms with Crippen LogP contribution in [-0.2, 0) is 63.8 Å². The largest absolute Gasteiger partial charge is 0.493 e. The summed E-state index contributed by atoms with van der Waals surface area (Å²) in [5.41, 5.74) is 18.1. The van der Waals surface area contributed by atoms with Gasteiger partial charge in [0.25, 0.3) is 0 Å². The van der Waals surface area contributed by atoms with Crippen LogP contribution in [0.1, 0.15) is 84.7 Å². The number of anilines is 3. The van der Waals surface area contributed by atoms with Crippen LogP contribution in [0.15, 0.2) is 47.6 Å². The number of nitrogens with zero attached hydrogens (tertiary/aromatic N) is 7. The zero-order chi connectivity index (χ0) is 54.0. The highest BCUT2D eigenvalue weighted by atomic mass is 19.1. The second-order valence-corrected chi connectivity index (χ2v) is 19.7. The average molecular weight is 1060 g/mol. The molecule has 0 bridgehead atoms. The summed E-state index contributed by atoms with van der Waals surface area (Å²) in [6.07, 6.45) is 10.7. The first-order chi connectivity index (χ1) is 37.5. The van der Waals surface area contributed by atoms with E-state index >= 15 is 0 Å². The Morgan fingerprint density at radius 3 is 1.92 bits per heavy atom. The highest BCUT2D eigenvalue weighted by Crippen LogP contribution is 2.51. The summed E-state index contributed by atoms with van der Waals surface area (Å²) in [6, 6.07) is 12.0. The van der Waals surface area contributed by atoms with Crippen molar-refractivity contribution in [3.05, 3.63) is 103 Å². The topological polar surface area (TPSA) is 204 Å². The molecule has 0 radical (unpaired) electrons. The van der Waals surface area contributed by atoms with E-state index in [1.54, 1.807) is 11.0 Å². The maximum absolute atomic E-state index is 14.9. The lowest BCUT2D eigenvalue weighted by molar-refractivity contribution is -0.141. The van der Waals surface area contributed by atoms with Crippen molar-refractivity contribution in [2.45, 2.75) is 77.0 Å². The molecule has 408 valence electrons. The normalized spacial score (nSPS) is 14.5. The molecule has 0 unspecified atom stereocenters. The summed E-state index contributed by atoms with van der Waals surface area (Å²) in [4.78, 5) is 60.1. The predicted molar refractivity (Wildman–Crippen MR) is 285 cm³/mol. The lowest BCUT2D eigenvalue weighted by atomic mass is 9.82. The van der Waals surface area contributed by atoms with Gasteiger partial charge in [0.2, 0.25) is 5.36 Å². The van der Waals surface area contributed by atoms with E-state index in [9.17, 15) is 23.6 Å². The number of azide groups is 1. The minimum Gasteiger partial charge on any atom is -0.493 e. The van der Waals surface area contributed by atoms with Gasteiger partial charge in [-0.1, -0.05) is 18.0 Å². The zero-order valence-corrected chi connectivity index (χ0v) is 44.4. The molecule has 0 aromatic heterocycles. The smallest absolute Gasteiger partial charge is 0.325 e. The molecule has 9 rings (SSSR count). The van der Waals surface area contributed by atoms with Gasteiger partial charge in [0.15, 0.2) is 0 Å². The molecule has 0 aliphatic carbocycles. The second-order valence-electron chi connectivity index (χ2n) is 19.7. The number of carbonyl (C=O) groups excluding carboxylic acids is 4. The Hall–Kier alpha value is -7.73. The molecule has 0 atom stereocenters. The Bertz CT molecular complexity index is 3060. The summed E-state index contributed by atoms with van der Waals surface area (Å²) < 4.78 is 64.8. The van der Waals surface area contributed by atoms with Gasteiger partial charge in [-0.15, -0.1) is 0 Å². The summed E-state index contributed by atoms with van der Waals surface area (Å²) in [5.74, 6) is -0.769. The van der Waals surface area contributed by atoms with Crippen molar-refractivity contribution in [2.24, 2.45) is 5.11 Å². The number of ether oxygens (including phenoxy) is 8. The number of hydrogen-bond acceptors (Lipinski definition) is 16. The molecule has 77 heavy (non-hydrogen) atoms. The van der Waals surface area contributed by atoms with Crippen LogP contribution in [0.25, 0.3) is 16.0 Å². The fourth-order valence-electron chi connectivity index (χ4n) is 11.4. The summed E-state index contributed by atoms with van der Waals surface area (Å²) >= 11 is 0. The van der Waals surface area contributed by atoms with E-state index in [2.05, 4.69) is 31.6 Å². The van der Waals surface area contributed by atoms with Crippen molar-refractivity contribution >= 4 is 46.5 Å². The van der Waals surface area contributed by atoms with E-state index in [0.717, 1.165) is 131 Å². The van der Waals surface area contributed by atoms with Crippen LogP contribution in [0.4, 0.5) is 21.5 Å². The minimum atomic E-state index is -0.651. The Morgan fingerprint density at radius 1 is 0.649 bits per heavy atom. The summed E-state index contributed by atoms with van der Waals surface area (Å²) in [5, 5.41) is 5.90. The van der Waals surface area contributed by atoms with Crippen molar-refractivity contribution in [2.75, 3.05) is 122 Å². The van der Waals surface area contributed by atoms with Crippen LogP contribution in [0, 0.1) is 5.82 Å². The van der Waals surface area contributed by atoms with Crippen molar-refractivity contribution in [1.29, 1.82) is 0 Å². The number of rotatable bonds is 24. The van der Waals surface area contributed by atoms with Crippen molar-refractivity contribution in [1.82, 2.24) is 4.58 Å². The molecule has 0 saturated carbocycles. The molecule has 4 aromatic rings. The van der Waals surface area contributed by atoms with Gasteiger partial charge in [-0.25, -0.2) is 8.97 Å². The highest BCUT2D eigenvalue weighted by molar-refractivity contribution is 5.93. The zero-order valence-electron chi connectivity index (χ0n) is 44.4. The van der Waals surface area contributed by atoms with Gasteiger partial charge in [0, 0.05) is 88.3 Å². The van der Waals surface area contributed by atoms with Crippen LogP contribution in [0.2, 0.25) is 0 Å². The molecule has 0 spiro atoms. The van der Waals surface area contributed by atoms with Crippen LogP contribution >= 0.6 is 0 Å². The van der Waals surface area contributed by atoms with Crippen molar-refractivity contribution < 1.29 is 61.5 Å². The lowest BCUT2D eigenvalue weighted by Gasteiger charge is -2.39. The van der Waals surface area contributed by atoms with Gasteiger partial charge in [-0.3, -0.25) is 19.2 Å². The Morgan fingerprint density at radius 2 is 1.25 bits per heavy atom. The van der Waals surface area contributed by atoms with Gasteiger partial charge in [-0.05, 0) is 92.8 Å². The highest BCUT2D eigenvalue weighted by Gasteiger charge is 2.37. The third-order valence-electron chi connectivity index (χ3n) is 14.9. The van der Waals surface area contributed by atoms with Gasteiger partial charge >= 0.3 is 23.9 Å². The molecule has 5 aliphatic rings. The van der Waals surface area contributed by atoms with Crippen LogP contribution < -0.4 is 48.8 Å². The summed E-state index contributed by atoms with van der Waals surface area (Å²) in [6.45, 7) is 2.91. The number of carbonyl (C=O) groups is 4. The van der Waals surface area contributed by atoms with Crippen molar-refractivity contribution in [3.63, 3.8) is 0 Å². The molecule has 0 saturated heterocycles. The molecule has 19 nitrogen and oxygen atoms in total.